The largest absolute Gasteiger partial charge is 0.392 e. The van der Waals surface area contributed by atoms with Crippen LogP contribution in [0.3, 0.4) is 0 Å². The van der Waals surface area contributed by atoms with E-state index in [-0.39, 0.29) is 18.3 Å². The Morgan fingerprint density at radius 2 is 2.25 bits per heavy atom. The van der Waals surface area contributed by atoms with Gasteiger partial charge in [0.1, 0.15) is 5.82 Å². The summed E-state index contributed by atoms with van der Waals surface area (Å²) < 4.78 is 13.0. The Morgan fingerprint density at radius 3 is 3.00 bits per heavy atom. The highest BCUT2D eigenvalue weighted by Crippen LogP contribution is 2.14. The molecule has 1 heterocycles. The van der Waals surface area contributed by atoms with Gasteiger partial charge in [-0.15, -0.1) is 0 Å². The number of nitrogens with one attached hydrogen (secondary N) is 1. The maximum Gasteiger partial charge on any atom is 0.244 e. The number of pyridine rings is 1. The van der Waals surface area contributed by atoms with Gasteiger partial charge in [-0.3, -0.25) is 4.79 Å². The maximum atomic E-state index is 13.0. The van der Waals surface area contributed by atoms with Gasteiger partial charge in [0.15, 0.2) is 0 Å². The summed E-state index contributed by atoms with van der Waals surface area (Å²) in [5, 5.41) is 12.3. The van der Waals surface area contributed by atoms with E-state index in [9.17, 15) is 9.18 Å². The quantitative estimate of drug-likeness (QED) is 0.837. The fraction of sp³-hybridized carbons (Fsp3) is 0.200. The van der Waals surface area contributed by atoms with Crippen molar-refractivity contribution in [3.63, 3.8) is 0 Å². The van der Waals surface area contributed by atoms with Crippen molar-refractivity contribution in [2.24, 2.45) is 0 Å². The van der Waals surface area contributed by atoms with Gasteiger partial charge in [-0.05, 0) is 37.3 Å². The third-order valence-electron chi connectivity index (χ3n) is 2.65. The Hall–Kier alpha value is -2.27. The Kier molecular flexibility index (Phi) is 4.42. The van der Waals surface area contributed by atoms with Crippen LogP contribution < -0.4 is 5.32 Å². The number of amides is 1. The van der Waals surface area contributed by atoms with Crippen LogP contribution in [0.4, 0.5) is 4.39 Å². The monoisotopic (exact) mass is 274 g/mol. The van der Waals surface area contributed by atoms with E-state index in [1.807, 2.05) is 0 Å². The zero-order chi connectivity index (χ0) is 14.5. The van der Waals surface area contributed by atoms with E-state index in [2.05, 4.69) is 10.3 Å². The molecule has 0 radical (unpaired) electrons. The SMILES string of the molecule is CC(O)CNC(=O)/C=C/c1ccc2cc(F)ccc2n1. The highest BCUT2D eigenvalue weighted by Gasteiger charge is 2.00. The lowest BCUT2D eigenvalue weighted by Crippen LogP contribution is -2.28. The summed E-state index contributed by atoms with van der Waals surface area (Å²) in [6.07, 6.45) is 2.33. The fourth-order valence-corrected chi connectivity index (χ4v) is 1.67. The average Bonchev–Trinajstić information content (AvgIpc) is 2.42. The van der Waals surface area contributed by atoms with Gasteiger partial charge in [0.05, 0.1) is 17.3 Å². The predicted molar refractivity (Wildman–Crippen MR) is 75.4 cm³/mol. The van der Waals surface area contributed by atoms with Gasteiger partial charge in [0, 0.05) is 18.0 Å². The van der Waals surface area contributed by atoms with Crippen molar-refractivity contribution in [2.45, 2.75) is 13.0 Å². The van der Waals surface area contributed by atoms with Gasteiger partial charge >= 0.3 is 0 Å². The zero-order valence-corrected chi connectivity index (χ0v) is 11.0. The topological polar surface area (TPSA) is 62.2 Å². The number of rotatable bonds is 4. The molecular formula is C15H15FN2O2. The number of carbonyl (C=O) groups is 1. The van der Waals surface area contributed by atoms with Crippen LogP contribution in [-0.2, 0) is 4.79 Å². The highest BCUT2D eigenvalue weighted by atomic mass is 19.1. The second kappa shape index (κ2) is 6.25. The predicted octanol–water partition coefficient (Wildman–Crippen LogP) is 1.88. The van der Waals surface area contributed by atoms with E-state index in [1.165, 1.54) is 18.2 Å². The van der Waals surface area contributed by atoms with Crippen molar-refractivity contribution in [1.29, 1.82) is 0 Å². The number of aromatic nitrogens is 1. The normalized spacial score (nSPS) is 12.8. The second-order valence-electron chi connectivity index (χ2n) is 4.50. The molecule has 0 saturated carbocycles. The molecule has 1 unspecified atom stereocenters. The van der Waals surface area contributed by atoms with Gasteiger partial charge in [-0.1, -0.05) is 6.07 Å². The summed E-state index contributed by atoms with van der Waals surface area (Å²) in [6.45, 7) is 1.79. The number of aliphatic hydroxyl groups excluding tert-OH is 1. The van der Waals surface area contributed by atoms with Crippen LogP contribution in [0, 0.1) is 5.82 Å². The number of fused-ring (bicyclic) bond motifs is 1. The molecule has 2 N–H and O–H groups in total. The van der Waals surface area contributed by atoms with Crippen LogP contribution in [-0.4, -0.2) is 28.6 Å². The first-order chi connectivity index (χ1) is 9.54. The average molecular weight is 274 g/mol. The molecule has 20 heavy (non-hydrogen) atoms. The third-order valence-corrected chi connectivity index (χ3v) is 2.65. The van der Waals surface area contributed by atoms with Crippen LogP contribution in [0.2, 0.25) is 0 Å². The summed E-state index contributed by atoms with van der Waals surface area (Å²) in [7, 11) is 0. The minimum atomic E-state index is -0.582. The third kappa shape index (κ3) is 3.86. The van der Waals surface area contributed by atoms with E-state index < -0.39 is 6.10 Å². The van der Waals surface area contributed by atoms with Crippen molar-refractivity contribution in [1.82, 2.24) is 10.3 Å². The number of aliphatic hydroxyl groups is 1. The molecule has 1 amide bonds. The van der Waals surface area contributed by atoms with Gasteiger partial charge in [0.25, 0.3) is 0 Å². The number of halogens is 1. The van der Waals surface area contributed by atoms with Crippen molar-refractivity contribution < 1.29 is 14.3 Å². The Labute approximate surface area is 116 Å². The molecule has 2 rings (SSSR count). The first-order valence-electron chi connectivity index (χ1n) is 6.25. The highest BCUT2D eigenvalue weighted by molar-refractivity contribution is 5.91. The second-order valence-corrected chi connectivity index (χ2v) is 4.50. The molecule has 0 spiro atoms. The Balaban J connectivity index is 2.09. The van der Waals surface area contributed by atoms with E-state index in [4.69, 9.17) is 5.11 Å². The van der Waals surface area contributed by atoms with Crippen LogP contribution in [0.5, 0.6) is 0 Å². The van der Waals surface area contributed by atoms with Crippen LogP contribution in [0.25, 0.3) is 17.0 Å². The zero-order valence-electron chi connectivity index (χ0n) is 11.0. The molecule has 0 saturated heterocycles. The number of hydrogen-bond acceptors (Lipinski definition) is 3. The van der Waals surface area contributed by atoms with E-state index in [0.717, 1.165) is 0 Å². The lowest BCUT2D eigenvalue weighted by Gasteiger charge is -2.03. The summed E-state index contributed by atoms with van der Waals surface area (Å²) in [5.74, 6) is -0.605. The van der Waals surface area contributed by atoms with Gasteiger partial charge in [0.2, 0.25) is 5.91 Å². The first kappa shape index (κ1) is 14.1. The van der Waals surface area contributed by atoms with Crippen LogP contribution in [0.1, 0.15) is 12.6 Å². The number of hydrogen-bond donors (Lipinski definition) is 2. The van der Waals surface area contributed by atoms with Gasteiger partial charge in [-0.2, -0.15) is 0 Å². The number of carbonyl (C=O) groups excluding carboxylic acids is 1. The summed E-state index contributed by atoms with van der Waals surface area (Å²) in [5.41, 5.74) is 1.27. The maximum absolute atomic E-state index is 13.0. The minimum Gasteiger partial charge on any atom is -0.392 e. The Bertz CT molecular complexity index is 653. The lowest BCUT2D eigenvalue weighted by molar-refractivity contribution is -0.116. The van der Waals surface area contributed by atoms with E-state index in [0.29, 0.717) is 16.6 Å². The van der Waals surface area contributed by atoms with Crippen LogP contribution >= 0.6 is 0 Å². The first-order valence-corrected chi connectivity index (χ1v) is 6.25. The minimum absolute atomic E-state index is 0.202. The molecule has 4 nitrogen and oxygen atoms in total. The van der Waals surface area contributed by atoms with Gasteiger partial charge < -0.3 is 10.4 Å². The molecule has 0 aliphatic carbocycles. The molecule has 5 heteroatoms. The Morgan fingerprint density at radius 1 is 1.45 bits per heavy atom. The van der Waals surface area contributed by atoms with Crippen molar-refractivity contribution >= 4 is 22.9 Å². The molecule has 0 bridgehead atoms. The molecule has 0 aliphatic rings. The standard InChI is InChI=1S/C15H15FN2O2/c1-10(19)9-17-15(20)7-5-13-4-2-11-8-12(16)3-6-14(11)18-13/h2-8,10,19H,9H2,1H3,(H,17,20)/b7-5+. The molecule has 0 fully saturated rings. The van der Waals surface area contributed by atoms with Gasteiger partial charge in [-0.25, -0.2) is 9.37 Å². The molecule has 2 aromatic rings. The molecular weight excluding hydrogens is 259 g/mol. The number of nitrogens with zero attached hydrogens (tertiary/aromatic N) is 1. The number of benzene rings is 1. The molecule has 104 valence electrons. The van der Waals surface area contributed by atoms with E-state index in [1.54, 1.807) is 31.2 Å². The van der Waals surface area contributed by atoms with Crippen molar-refractivity contribution in [2.75, 3.05) is 6.54 Å². The fourth-order valence-electron chi connectivity index (χ4n) is 1.67. The summed E-state index contributed by atoms with van der Waals surface area (Å²) >= 11 is 0. The summed E-state index contributed by atoms with van der Waals surface area (Å²) in [4.78, 5) is 15.7. The van der Waals surface area contributed by atoms with Crippen LogP contribution in [0.15, 0.2) is 36.4 Å². The van der Waals surface area contributed by atoms with E-state index >= 15 is 0 Å². The smallest absolute Gasteiger partial charge is 0.244 e. The molecule has 0 aliphatic heterocycles. The van der Waals surface area contributed by atoms with Crippen molar-refractivity contribution in [3.05, 3.63) is 47.9 Å². The molecule has 1 atom stereocenters. The molecule has 1 aromatic heterocycles. The molecule has 1 aromatic carbocycles. The lowest BCUT2D eigenvalue weighted by atomic mass is 10.2. The van der Waals surface area contributed by atoms with Crippen molar-refractivity contribution in [3.8, 4) is 0 Å². The summed E-state index contributed by atoms with van der Waals surface area (Å²) in [6, 6.07) is 7.80.